The van der Waals surface area contributed by atoms with Crippen LogP contribution in [0.2, 0.25) is 0 Å². The van der Waals surface area contributed by atoms with Crippen molar-refractivity contribution in [2.45, 2.75) is 12.8 Å². The second-order valence-corrected chi connectivity index (χ2v) is 2.07. The van der Waals surface area contributed by atoms with Crippen molar-refractivity contribution in [3.63, 3.8) is 0 Å². The van der Waals surface area contributed by atoms with Crippen LogP contribution in [0.3, 0.4) is 0 Å². The van der Waals surface area contributed by atoms with Crippen molar-refractivity contribution in [3.05, 3.63) is 35.9 Å². The molecule has 1 nitrogen and oxygen atoms in total. The molecule has 0 saturated carbocycles. The molecule has 0 atom stereocenters. The van der Waals surface area contributed by atoms with Gasteiger partial charge in [0, 0.05) is 6.42 Å². The summed E-state index contributed by atoms with van der Waals surface area (Å²) in [6.45, 7) is 0. The Bertz CT molecular complexity index is 220. The first kappa shape index (κ1) is 6.82. The minimum atomic E-state index is 0.595. The number of benzene rings is 1. The lowest BCUT2D eigenvalue weighted by atomic mass is 10.1. The maximum absolute atomic E-state index is 8.27. The summed E-state index contributed by atoms with van der Waals surface area (Å²) >= 11 is 0. The summed E-state index contributed by atoms with van der Waals surface area (Å²) in [4.78, 5) is 0. The molecule has 49 valence electrons. The van der Waals surface area contributed by atoms with Crippen LogP contribution < -0.4 is 0 Å². The summed E-state index contributed by atoms with van der Waals surface area (Å²) in [5, 5.41) is 8.27. The Morgan fingerprint density at radius 2 is 2.50 bits per heavy atom. The molecule has 0 amide bonds. The molecule has 0 fully saturated rings. The molecule has 0 N–H and O–H groups in total. The van der Waals surface area contributed by atoms with E-state index in [0.717, 1.165) is 6.42 Å². The molecule has 10 heavy (non-hydrogen) atoms. The monoisotopic (exact) mass is 130 g/mol. The van der Waals surface area contributed by atoms with Crippen LogP contribution in [0.15, 0.2) is 24.3 Å². The van der Waals surface area contributed by atoms with Gasteiger partial charge in [-0.1, -0.05) is 24.3 Å². The zero-order valence-electron chi connectivity index (χ0n) is 5.67. The Kier molecular flexibility index (Phi) is 2.51. The van der Waals surface area contributed by atoms with Gasteiger partial charge >= 0.3 is 0 Å². The van der Waals surface area contributed by atoms with Crippen molar-refractivity contribution in [3.8, 4) is 6.07 Å². The summed E-state index contributed by atoms with van der Waals surface area (Å²) in [5.74, 6) is 0. The second-order valence-electron chi connectivity index (χ2n) is 2.07. The minimum Gasteiger partial charge on any atom is -0.198 e. The Hall–Kier alpha value is -1.29. The van der Waals surface area contributed by atoms with Crippen LogP contribution in [0.5, 0.6) is 0 Å². The Labute approximate surface area is 60.9 Å². The molecule has 0 saturated heterocycles. The number of hydrogen-bond acceptors (Lipinski definition) is 1. The Morgan fingerprint density at radius 3 is 3.10 bits per heavy atom. The van der Waals surface area contributed by atoms with Gasteiger partial charge in [-0.25, -0.2) is 0 Å². The summed E-state index contributed by atoms with van der Waals surface area (Å²) in [6.07, 6.45) is 1.44. The van der Waals surface area contributed by atoms with E-state index in [2.05, 4.69) is 12.1 Å². The predicted molar refractivity (Wildman–Crippen MR) is 39.2 cm³/mol. The second kappa shape index (κ2) is 3.68. The maximum Gasteiger partial charge on any atom is 0.0625 e. The quantitative estimate of drug-likeness (QED) is 0.600. The highest BCUT2D eigenvalue weighted by atomic mass is 14.2. The van der Waals surface area contributed by atoms with Crippen molar-refractivity contribution < 1.29 is 0 Å². The Balaban J connectivity index is 2.52. The molecule has 0 unspecified atom stereocenters. The van der Waals surface area contributed by atoms with Gasteiger partial charge in [0.05, 0.1) is 6.07 Å². The van der Waals surface area contributed by atoms with E-state index in [0.29, 0.717) is 6.42 Å². The van der Waals surface area contributed by atoms with Crippen LogP contribution in [-0.2, 0) is 6.42 Å². The topological polar surface area (TPSA) is 23.8 Å². The number of nitriles is 1. The largest absolute Gasteiger partial charge is 0.198 e. The van der Waals surface area contributed by atoms with Crippen molar-refractivity contribution in [2.24, 2.45) is 0 Å². The smallest absolute Gasteiger partial charge is 0.0625 e. The average molecular weight is 130 g/mol. The zero-order chi connectivity index (χ0) is 7.23. The van der Waals surface area contributed by atoms with Gasteiger partial charge in [-0.3, -0.25) is 0 Å². The lowest BCUT2D eigenvalue weighted by molar-refractivity contribution is 1.01. The normalized spacial score (nSPS) is 8.70. The third-order valence-electron chi connectivity index (χ3n) is 1.30. The van der Waals surface area contributed by atoms with Gasteiger partial charge in [0.25, 0.3) is 0 Å². The molecule has 1 heteroatoms. The molecule has 0 aliphatic carbocycles. The predicted octanol–water partition coefficient (Wildman–Crippen LogP) is 1.94. The van der Waals surface area contributed by atoms with Gasteiger partial charge in [-0.2, -0.15) is 5.26 Å². The third-order valence-corrected chi connectivity index (χ3v) is 1.30. The molecule has 0 heterocycles. The molecule has 0 aliphatic rings. The van der Waals surface area contributed by atoms with E-state index >= 15 is 0 Å². The summed E-state index contributed by atoms with van der Waals surface area (Å²) in [6, 6.07) is 12.8. The van der Waals surface area contributed by atoms with Gasteiger partial charge in [0.2, 0.25) is 0 Å². The number of hydrogen-bond donors (Lipinski definition) is 0. The fourth-order valence-electron chi connectivity index (χ4n) is 0.786. The molecule has 1 rings (SSSR count). The van der Waals surface area contributed by atoms with E-state index in [9.17, 15) is 0 Å². The highest BCUT2D eigenvalue weighted by Crippen LogP contribution is 2.00. The molecule has 1 aromatic rings. The Morgan fingerprint density at radius 1 is 1.60 bits per heavy atom. The van der Waals surface area contributed by atoms with Crippen LogP contribution in [0, 0.1) is 17.4 Å². The van der Waals surface area contributed by atoms with Gasteiger partial charge in [0.1, 0.15) is 0 Å². The fourth-order valence-corrected chi connectivity index (χ4v) is 0.786. The molecule has 0 bridgehead atoms. The van der Waals surface area contributed by atoms with Crippen molar-refractivity contribution in [1.29, 1.82) is 5.26 Å². The summed E-state index contributed by atoms with van der Waals surface area (Å²) < 4.78 is 0. The molecule has 0 spiro atoms. The maximum atomic E-state index is 8.27. The molecule has 0 aliphatic heterocycles. The van der Waals surface area contributed by atoms with Crippen molar-refractivity contribution in [1.82, 2.24) is 0 Å². The summed E-state index contributed by atoms with van der Waals surface area (Å²) in [5.41, 5.74) is 1.18. The molecular formula is C9H8N. The van der Waals surface area contributed by atoms with Crippen LogP contribution >= 0.6 is 0 Å². The molecule has 1 aromatic carbocycles. The summed E-state index contributed by atoms with van der Waals surface area (Å²) in [7, 11) is 0. The number of aryl methyl sites for hydroxylation is 1. The average Bonchev–Trinajstić information content (AvgIpc) is 2.03. The molecule has 1 radical (unpaired) electrons. The zero-order valence-corrected chi connectivity index (χ0v) is 5.67. The highest BCUT2D eigenvalue weighted by Gasteiger charge is 1.87. The lowest BCUT2D eigenvalue weighted by Gasteiger charge is -1.92. The first-order chi connectivity index (χ1) is 4.93. The van der Waals surface area contributed by atoms with E-state index in [1.807, 2.05) is 24.3 Å². The van der Waals surface area contributed by atoms with E-state index in [1.165, 1.54) is 5.56 Å². The van der Waals surface area contributed by atoms with Crippen LogP contribution in [-0.4, -0.2) is 0 Å². The number of rotatable bonds is 2. The molecular weight excluding hydrogens is 122 g/mol. The number of nitrogens with zero attached hydrogens (tertiary/aromatic N) is 1. The van der Waals surface area contributed by atoms with Crippen LogP contribution in [0.4, 0.5) is 0 Å². The van der Waals surface area contributed by atoms with Crippen molar-refractivity contribution >= 4 is 0 Å². The van der Waals surface area contributed by atoms with E-state index < -0.39 is 0 Å². The lowest BCUT2D eigenvalue weighted by Crippen LogP contribution is -1.80. The van der Waals surface area contributed by atoms with Gasteiger partial charge < -0.3 is 0 Å². The van der Waals surface area contributed by atoms with Gasteiger partial charge in [-0.15, -0.1) is 0 Å². The van der Waals surface area contributed by atoms with E-state index in [1.54, 1.807) is 0 Å². The van der Waals surface area contributed by atoms with Crippen LogP contribution in [0.1, 0.15) is 12.0 Å². The third kappa shape index (κ3) is 1.91. The fraction of sp³-hybridized carbons (Fsp3) is 0.222. The first-order valence-corrected chi connectivity index (χ1v) is 3.25. The highest BCUT2D eigenvalue weighted by molar-refractivity contribution is 5.14. The van der Waals surface area contributed by atoms with Crippen molar-refractivity contribution in [2.75, 3.05) is 0 Å². The van der Waals surface area contributed by atoms with Gasteiger partial charge in [-0.05, 0) is 18.1 Å². The van der Waals surface area contributed by atoms with E-state index in [-0.39, 0.29) is 0 Å². The first-order valence-electron chi connectivity index (χ1n) is 3.25. The van der Waals surface area contributed by atoms with E-state index in [4.69, 9.17) is 5.26 Å². The molecule has 0 aromatic heterocycles. The van der Waals surface area contributed by atoms with Crippen LogP contribution in [0.25, 0.3) is 0 Å². The standard InChI is InChI=1S/C9H8N/c10-8-4-7-9-5-2-1-3-6-9/h1-2,5-6H,4,7H2. The van der Waals surface area contributed by atoms with Gasteiger partial charge in [0.15, 0.2) is 0 Å². The SMILES string of the molecule is N#CCCc1c[c]ccc1. The minimum absolute atomic E-state index is 0.595.